The molecule has 0 atom stereocenters. The number of carbonyl (C=O) groups is 1. The Morgan fingerprint density at radius 2 is 2.46 bits per heavy atom. The minimum absolute atomic E-state index is 0.0193. The number of rotatable bonds is 4. The number of nitrogens with zero attached hydrogens (tertiary/aromatic N) is 2. The van der Waals surface area contributed by atoms with Crippen molar-refractivity contribution >= 4 is 5.91 Å². The predicted molar refractivity (Wildman–Crippen MR) is 49.0 cm³/mol. The van der Waals surface area contributed by atoms with Crippen LogP contribution in [-0.2, 0) is 18.4 Å². The molecule has 0 bridgehead atoms. The molecule has 0 spiro atoms. The van der Waals surface area contributed by atoms with Crippen LogP contribution < -0.4 is 10.6 Å². The van der Waals surface area contributed by atoms with E-state index in [1.54, 1.807) is 13.2 Å². The molecule has 1 aromatic rings. The van der Waals surface area contributed by atoms with Gasteiger partial charge < -0.3 is 15.2 Å². The quantitative estimate of drug-likeness (QED) is 0.644. The number of carbonyl (C=O) groups excluding carboxylic acids is 1. The first-order valence-electron chi connectivity index (χ1n) is 4.11. The van der Waals surface area contributed by atoms with E-state index in [9.17, 15) is 4.79 Å². The number of imidazole rings is 1. The molecular formula is C8H14N4O. The van der Waals surface area contributed by atoms with Crippen molar-refractivity contribution in [1.29, 1.82) is 0 Å². The average molecular weight is 182 g/mol. The first-order valence-corrected chi connectivity index (χ1v) is 4.11. The summed E-state index contributed by atoms with van der Waals surface area (Å²) in [5.41, 5.74) is 0. The summed E-state index contributed by atoms with van der Waals surface area (Å²) >= 11 is 0. The van der Waals surface area contributed by atoms with Gasteiger partial charge >= 0.3 is 0 Å². The first kappa shape index (κ1) is 9.73. The lowest BCUT2D eigenvalue weighted by atomic mass is 10.5. The predicted octanol–water partition coefficient (Wildman–Crippen LogP) is -0.744. The van der Waals surface area contributed by atoms with Crippen LogP contribution in [0.2, 0.25) is 0 Å². The number of amides is 1. The molecule has 0 aromatic carbocycles. The summed E-state index contributed by atoms with van der Waals surface area (Å²) in [5, 5.41) is 5.51. The molecule has 5 heteroatoms. The van der Waals surface area contributed by atoms with Crippen molar-refractivity contribution in [3.05, 3.63) is 18.2 Å². The molecule has 0 saturated heterocycles. The van der Waals surface area contributed by atoms with Gasteiger partial charge in [-0.25, -0.2) is 4.98 Å². The second-order valence-corrected chi connectivity index (χ2v) is 2.73. The molecule has 1 aromatic heterocycles. The lowest BCUT2D eigenvalue weighted by Crippen LogP contribution is -2.31. The van der Waals surface area contributed by atoms with Crippen LogP contribution in [0.15, 0.2) is 12.4 Å². The lowest BCUT2D eigenvalue weighted by Gasteiger charge is -2.03. The summed E-state index contributed by atoms with van der Waals surface area (Å²) in [7, 11) is 3.54. The van der Waals surface area contributed by atoms with Crippen LogP contribution >= 0.6 is 0 Å². The maximum Gasteiger partial charge on any atom is 0.233 e. The molecular weight excluding hydrogens is 168 g/mol. The minimum atomic E-state index is -0.0193. The topological polar surface area (TPSA) is 59.0 Å². The highest BCUT2D eigenvalue weighted by Gasteiger charge is 2.00. The molecule has 1 rings (SSSR count). The monoisotopic (exact) mass is 182 g/mol. The normalized spacial score (nSPS) is 10.0. The van der Waals surface area contributed by atoms with Gasteiger partial charge in [-0.15, -0.1) is 0 Å². The second kappa shape index (κ2) is 4.61. The van der Waals surface area contributed by atoms with Crippen molar-refractivity contribution in [3.8, 4) is 0 Å². The van der Waals surface area contributed by atoms with Crippen LogP contribution in [0.25, 0.3) is 0 Å². The third kappa shape index (κ3) is 2.87. The van der Waals surface area contributed by atoms with Gasteiger partial charge in [-0.2, -0.15) is 0 Å². The molecule has 0 aliphatic carbocycles. The van der Waals surface area contributed by atoms with Gasteiger partial charge in [0.2, 0.25) is 5.91 Å². The zero-order valence-corrected chi connectivity index (χ0v) is 7.87. The number of likely N-dealkylation sites (N-methyl/N-ethyl adjacent to an activating group) is 1. The molecule has 13 heavy (non-hydrogen) atoms. The van der Waals surface area contributed by atoms with Gasteiger partial charge in [-0.05, 0) is 0 Å². The molecule has 0 unspecified atom stereocenters. The highest BCUT2D eigenvalue weighted by molar-refractivity contribution is 5.77. The molecule has 0 aliphatic rings. The summed E-state index contributed by atoms with van der Waals surface area (Å²) < 4.78 is 1.91. The Balaban J connectivity index is 2.28. The summed E-state index contributed by atoms with van der Waals surface area (Å²) in [6.07, 6.45) is 3.60. The average Bonchev–Trinajstić information content (AvgIpc) is 2.52. The maximum atomic E-state index is 10.8. The Kier molecular flexibility index (Phi) is 3.45. The van der Waals surface area contributed by atoms with Gasteiger partial charge in [-0.3, -0.25) is 4.79 Å². The maximum absolute atomic E-state index is 10.8. The molecule has 72 valence electrons. The van der Waals surface area contributed by atoms with Crippen molar-refractivity contribution in [1.82, 2.24) is 20.2 Å². The Morgan fingerprint density at radius 1 is 1.69 bits per heavy atom. The van der Waals surface area contributed by atoms with Crippen LogP contribution in [0, 0.1) is 0 Å². The minimum Gasteiger partial charge on any atom is -0.358 e. The Bertz CT molecular complexity index is 281. The lowest BCUT2D eigenvalue weighted by molar-refractivity contribution is -0.119. The van der Waals surface area contributed by atoms with E-state index >= 15 is 0 Å². The van der Waals surface area contributed by atoms with E-state index in [-0.39, 0.29) is 5.91 Å². The van der Waals surface area contributed by atoms with Crippen LogP contribution in [0.5, 0.6) is 0 Å². The second-order valence-electron chi connectivity index (χ2n) is 2.73. The molecule has 0 saturated carbocycles. The van der Waals surface area contributed by atoms with Gasteiger partial charge in [0.15, 0.2) is 0 Å². The third-order valence-corrected chi connectivity index (χ3v) is 1.77. The van der Waals surface area contributed by atoms with E-state index < -0.39 is 0 Å². The highest BCUT2D eigenvalue weighted by Crippen LogP contribution is 1.91. The third-order valence-electron chi connectivity index (χ3n) is 1.77. The first-order chi connectivity index (χ1) is 6.24. The Morgan fingerprint density at radius 3 is 3.00 bits per heavy atom. The van der Waals surface area contributed by atoms with Crippen LogP contribution in [0.3, 0.4) is 0 Å². The van der Waals surface area contributed by atoms with Crippen molar-refractivity contribution in [2.24, 2.45) is 7.05 Å². The van der Waals surface area contributed by atoms with E-state index in [0.717, 1.165) is 5.82 Å². The van der Waals surface area contributed by atoms with Crippen LogP contribution in [-0.4, -0.2) is 29.1 Å². The smallest absolute Gasteiger partial charge is 0.233 e. The van der Waals surface area contributed by atoms with Gasteiger partial charge in [0.05, 0.1) is 13.1 Å². The summed E-state index contributed by atoms with van der Waals surface area (Å²) in [6.45, 7) is 0.931. The SMILES string of the molecule is CNC(=O)CNCc1nccn1C. The molecule has 0 radical (unpaired) electrons. The number of hydrogen-bond donors (Lipinski definition) is 2. The van der Waals surface area contributed by atoms with Gasteiger partial charge in [0.1, 0.15) is 5.82 Å². The molecule has 0 aliphatic heterocycles. The fourth-order valence-corrected chi connectivity index (χ4v) is 0.943. The molecule has 1 amide bonds. The number of nitrogens with one attached hydrogen (secondary N) is 2. The van der Waals surface area contributed by atoms with Gasteiger partial charge in [0.25, 0.3) is 0 Å². The number of hydrogen-bond acceptors (Lipinski definition) is 3. The van der Waals surface area contributed by atoms with E-state index in [0.29, 0.717) is 13.1 Å². The standard InChI is InChI=1S/C8H14N4O/c1-9-8(13)6-10-5-7-11-3-4-12(7)2/h3-4,10H,5-6H2,1-2H3,(H,9,13). The van der Waals surface area contributed by atoms with Crippen molar-refractivity contribution in [2.75, 3.05) is 13.6 Å². The number of aromatic nitrogens is 2. The van der Waals surface area contributed by atoms with Crippen molar-refractivity contribution in [3.63, 3.8) is 0 Å². The Hall–Kier alpha value is -1.36. The van der Waals surface area contributed by atoms with Crippen molar-refractivity contribution < 1.29 is 4.79 Å². The van der Waals surface area contributed by atoms with Crippen LogP contribution in [0.4, 0.5) is 0 Å². The largest absolute Gasteiger partial charge is 0.358 e. The zero-order chi connectivity index (χ0) is 9.68. The van der Waals surface area contributed by atoms with Gasteiger partial charge in [0, 0.05) is 26.5 Å². The fourth-order valence-electron chi connectivity index (χ4n) is 0.943. The van der Waals surface area contributed by atoms with E-state index in [2.05, 4.69) is 15.6 Å². The van der Waals surface area contributed by atoms with Crippen molar-refractivity contribution in [2.45, 2.75) is 6.54 Å². The molecule has 0 fully saturated rings. The molecule has 2 N–H and O–H groups in total. The van der Waals surface area contributed by atoms with E-state index in [1.165, 1.54) is 0 Å². The Labute approximate surface area is 77.2 Å². The summed E-state index contributed by atoms with van der Waals surface area (Å²) in [5.74, 6) is 0.901. The zero-order valence-electron chi connectivity index (χ0n) is 7.87. The summed E-state index contributed by atoms with van der Waals surface area (Å²) in [6, 6.07) is 0. The fraction of sp³-hybridized carbons (Fsp3) is 0.500. The molecule has 5 nitrogen and oxygen atoms in total. The van der Waals surface area contributed by atoms with Crippen LogP contribution in [0.1, 0.15) is 5.82 Å². The highest BCUT2D eigenvalue weighted by atomic mass is 16.1. The van der Waals surface area contributed by atoms with E-state index in [1.807, 2.05) is 17.8 Å². The summed E-state index contributed by atoms with van der Waals surface area (Å²) in [4.78, 5) is 14.9. The van der Waals surface area contributed by atoms with Gasteiger partial charge in [-0.1, -0.05) is 0 Å². The van der Waals surface area contributed by atoms with E-state index in [4.69, 9.17) is 0 Å². The number of aryl methyl sites for hydroxylation is 1. The molecule has 1 heterocycles.